The summed E-state index contributed by atoms with van der Waals surface area (Å²) in [5.74, 6) is -0.627. The average molecular weight is 316 g/mol. The van der Waals surface area contributed by atoms with Gasteiger partial charge in [0.05, 0.1) is 0 Å². The molecule has 1 saturated carbocycles. The van der Waals surface area contributed by atoms with Crippen molar-refractivity contribution < 1.29 is 14.7 Å². The van der Waals surface area contributed by atoms with Crippen LogP contribution in [0.4, 0.5) is 5.69 Å². The first kappa shape index (κ1) is 16.0. The predicted octanol–water partition coefficient (Wildman–Crippen LogP) is 1.55. The number of rotatable bonds is 2. The van der Waals surface area contributed by atoms with E-state index >= 15 is 0 Å². The quantitative estimate of drug-likeness (QED) is 0.813. The Morgan fingerprint density at radius 3 is 2.70 bits per heavy atom. The van der Waals surface area contributed by atoms with Gasteiger partial charge in [-0.1, -0.05) is 12.1 Å². The number of aliphatic hydroxyl groups excluding tert-OH is 1. The van der Waals surface area contributed by atoms with Crippen LogP contribution in [-0.4, -0.2) is 36.1 Å². The van der Waals surface area contributed by atoms with Crippen LogP contribution in [0.5, 0.6) is 0 Å². The molecule has 1 aromatic carbocycles. The molecule has 5 heteroatoms. The van der Waals surface area contributed by atoms with E-state index < -0.39 is 11.8 Å². The number of hydrogen-bond acceptors (Lipinski definition) is 3. The van der Waals surface area contributed by atoms with Crippen LogP contribution in [-0.2, 0) is 16.0 Å². The minimum Gasteiger partial charge on any atom is -0.396 e. The van der Waals surface area contributed by atoms with Crippen molar-refractivity contribution in [2.24, 2.45) is 5.92 Å². The smallest absolute Gasteiger partial charge is 0.316 e. The van der Waals surface area contributed by atoms with Crippen LogP contribution >= 0.6 is 0 Å². The second-order valence-electron chi connectivity index (χ2n) is 6.65. The third-order valence-electron chi connectivity index (χ3n) is 5.14. The standard InChI is InChI=1S/C18H24N2O3/c1-12-3-2-4-16-15(12)9-10-20(16)18(23)17(22)19-14-7-5-13(11-21)6-8-14/h2-4,13-14,21H,5-11H2,1H3,(H,19,22). The number of nitrogens with zero attached hydrogens (tertiary/aromatic N) is 1. The van der Waals surface area contributed by atoms with Crippen LogP contribution in [0.15, 0.2) is 18.2 Å². The van der Waals surface area contributed by atoms with Gasteiger partial charge in [-0.3, -0.25) is 9.59 Å². The van der Waals surface area contributed by atoms with E-state index in [2.05, 4.69) is 5.32 Å². The van der Waals surface area contributed by atoms with E-state index in [0.29, 0.717) is 12.5 Å². The first-order chi connectivity index (χ1) is 11.1. The molecule has 1 aliphatic carbocycles. The summed E-state index contributed by atoms with van der Waals surface area (Å²) in [6.07, 6.45) is 4.28. The molecule has 1 fully saturated rings. The van der Waals surface area contributed by atoms with Gasteiger partial charge in [-0.15, -0.1) is 0 Å². The van der Waals surface area contributed by atoms with Gasteiger partial charge in [0.1, 0.15) is 0 Å². The molecule has 0 aromatic heterocycles. The maximum Gasteiger partial charge on any atom is 0.316 e. The second-order valence-corrected chi connectivity index (χ2v) is 6.65. The summed E-state index contributed by atoms with van der Waals surface area (Å²) in [7, 11) is 0. The number of aliphatic hydroxyl groups is 1. The molecule has 0 saturated heterocycles. The van der Waals surface area contributed by atoms with Crippen molar-refractivity contribution >= 4 is 17.5 Å². The van der Waals surface area contributed by atoms with E-state index in [9.17, 15) is 9.59 Å². The highest BCUT2D eigenvalue weighted by Crippen LogP contribution is 2.30. The summed E-state index contributed by atoms with van der Waals surface area (Å²) in [6.45, 7) is 2.82. The lowest BCUT2D eigenvalue weighted by molar-refractivity contribution is -0.138. The van der Waals surface area contributed by atoms with Gasteiger partial charge in [-0.25, -0.2) is 0 Å². The normalized spacial score (nSPS) is 23.5. The average Bonchev–Trinajstić information content (AvgIpc) is 3.00. The number of fused-ring (bicyclic) bond motifs is 1. The van der Waals surface area contributed by atoms with Crippen LogP contribution in [0.25, 0.3) is 0 Å². The summed E-state index contributed by atoms with van der Waals surface area (Å²) >= 11 is 0. The van der Waals surface area contributed by atoms with Gasteiger partial charge in [-0.2, -0.15) is 0 Å². The van der Waals surface area contributed by atoms with Crippen molar-refractivity contribution in [1.29, 1.82) is 0 Å². The second kappa shape index (κ2) is 6.71. The third kappa shape index (κ3) is 3.24. The van der Waals surface area contributed by atoms with Crippen molar-refractivity contribution in [2.75, 3.05) is 18.1 Å². The maximum absolute atomic E-state index is 12.5. The van der Waals surface area contributed by atoms with Gasteiger partial charge in [0.15, 0.2) is 0 Å². The number of aryl methyl sites for hydroxylation is 1. The number of hydrogen-bond donors (Lipinski definition) is 2. The van der Waals surface area contributed by atoms with E-state index in [1.54, 1.807) is 4.90 Å². The molecule has 5 nitrogen and oxygen atoms in total. The molecule has 0 spiro atoms. The molecule has 2 aliphatic rings. The zero-order valence-corrected chi connectivity index (χ0v) is 13.5. The highest BCUT2D eigenvalue weighted by atomic mass is 16.3. The molecule has 124 valence electrons. The molecule has 0 radical (unpaired) electrons. The fraction of sp³-hybridized carbons (Fsp3) is 0.556. The van der Waals surface area contributed by atoms with Gasteiger partial charge in [0, 0.05) is 24.9 Å². The first-order valence-electron chi connectivity index (χ1n) is 8.42. The Morgan fingerprint density at radius 1 is 1.26 bits per heavy atom. The lowest BCUT2D eigenvalue weighted by Crippen LogP contribution is -2.47. The number of anilines is 1. The summed E-state index contributed by atoms with van der Waals surface area (Å²) in [4.78, 5) is 26.4. The van der Waals surface area contributed by atoms with Crippen LogP contribution in [0.1, 0.15) is 36.8 Å². The lowest BCUT2D eigenvalue weighted by Gasteiger charge is -2.28. The summed E-state index contributed by atoms with van der Waals surface area (Å²) in [5, 5.41) is 12.0. The van der Waals surface area contributed by atoms with E-state index in [4.69, 9.17) is 5.11 Å². The Labute approximate surface area is 136 Å². The fourth-order valence-electron chi connectivity index (χ4n) is 3.68. The zero-order chi connectivity index (χ0) is 16.4. The minimum atomic E-state index is -0.508. The molecule has 1 aromatic rings. The summed E-state index contributed by atoms with van der Waals surface area (Å²) in [5.41, 5.74) is 3.20. The van der Waals surface area contributed by atoms with E-state index in [-0.39, 0.29) is 12.6 Å². The molecule has 2 N–H and O–H groups in total. The van der Waals surface area contributed by atoms with Gasteiger partial charge in [0.2, 0.25) is 0 Å². The van der Waals surface area contributed by atoms with Crippen molar-refractivity contribution in [3.8, 4) is 0 Å². The Balaban J connectivity index is 1.61. The molecule has 23 heavy (non-hydrogen) atoms. The Kier molecular flexibility index (Phi) is 4.66. The lowest BCUT2D eigenvalue weighted by atomic mass is 9.86. The van der Waals surface area contributed by atoms with Gasteiger partial charge < -0.3 is 15.3 Å². The predicted molar refractivity (Wildman–Crippen MR) is 88.2 cm³/mol. The first-order valence-corrected chi connectivity index (χ1v) is 8.42. The van der Waals surface area contributed by atoms with Gasteiger partial charge in [-0.05, 0) is 62.1 Å². The molecule has 0 atom stereocenters. The molecule has 1 aliphatic heterocycles. The number of carbonyl (C=O) groups excluding carboxylic acids is 2. The van der Waals surface area contributed by atoms with Crippen molar-refractivity contribution in [3.05, 3.63) is 29.3 Å². The Hall–Kier alpha value is -1.88. The van der Waals surface area contributed by atoms with Crippen LogP contribution in [0.3, 0.4) is 0 Å². The third-order valence-corrected chi connectivity index (χ3v) is 5.14. The van der Waals surface area contributed by atoms with Gasteiger partial charge >= 0.3 is 11.8 Å². The van der Waals surface area contributed by atoms with Crippen molar-refractivity contribution in [3.63, 3.8) is 0 Å². The molecule has 1 heterocycles. The Bertz CT molecular complexity index is 606. The molecule has 3 rings (SSSR count). The SMILES string of the molecule is Cc1cccc2c1CCN2C(=O)C(=O)NC1CCC(CO)CC1. The largest absolute Gasteiger partial charge is 0.396 e. The molecule has 0 unspecified atom stereocenters. The number of nitrogens with one attached hydrogen (secondary N) is 1. The monoisotopic (exact) mass is 316 g/mol. The Morgan fingerprint density at radius 2 is 2.00 bits per heavy atom. The highest BCUT2D eigenvalue weighted by molar-refractivity contribution is 6.40. The maximum atomic E-state index is 12.5. The number of amides is 2. The van der Waals surface area contributed by atoms with Crippen molar-refractivity contribution in [1.82, 2.24) is 5.32 Å². The van der Waals surface area contributed by atoms with Gasteiger partial charge in [0.25, 0.3) is 0 Å². The van der Waals surface area contributed by atoms with Crippen LogP contribution in [0.2, 0.25) is 0 Å². The molecular formula is C18H24N2O3. The van der Waals surface area contributed by atoms with E-state index in [1.165, 1.54) is 5.56 Å². The fourth-order valence-corrected chi connectivity index (χ4v) is 3.68. The van der Waals surface area contributed by atoms with E-state index in [1.807, 2.05) is 25.1 Å². The topological polar surface area (TPSA) is 69.6 Å². The van der Waals surface area contributed by atoms with Crippen molar-refractivity contribution in [2.45, 2.75) is 45.1 Å². The minimum absolute atomic E-state index is 0.0498. The molecule has 0 bridgehead atoms. The van der Waals surface area contributed by atoms with Crippen LogP contribution < -0.4 is 10.2 Å². The summed E-state index contributed by atoms with van der Waals surface area (Å²) < 4.78 is 0. The molecular weight excluding hydrogens is 292 g/mol. The molecule has 2 amide bonds. The van der Waals surface area contributed by atoms with Crippen LogP contribution in [0, 0.1) is 12.8 Å². The zero-order valence-electron chi connectivity index (χ0n) is 13.5. The number of carbonyl (C=O) groups is 2. The van der Waals surface area contributed by atoms with E-state index in [0.717, 1.165) is 43.4 Å². The highest BCUT2D eigenvalue weighted by Gasteiger charge is 2.31. The number of benzene rings is 1. The summed E-state index contributed by atoms with van der Waals surface area (Å²) in [6, 6.07) is 5.92.